The van der Waals surface area contributed by atoms with Crippen LogP contribution in [0.4, 0.5) is 5.69 Å². The van der Waals surface area contributed by atoms with E-state index in [0.29, 0.717) is 0 Å². The summed E-state index contributed by atoms with van der Waals surface area (Å²) in [6.45, 7) is 1.97. The SMILES string of the molecule is Cc1cnc(C=CCBr)c(N)c1. The van der Waals surface area contributed by atoms with E-state index in [2.05, 4.69) is 20.9 Å². The molecule has 64 valence electrons. The van der Waals surface area contributed by atoms with Crippen LogP contribution in [0.3, 0.4) is 0 Å². The summed E-state index contributed by atoms with van der Waals surface area (Å²) in [5, 5.41) is 0.821. The number of anilines is 1. The fraction of sp³-hybridized carbons (Fsp3) is 0.222. The van der Waals surface area contributed by atoms with Gasteiger partial charge < -0.3 is 5.73 Å². The van der Waals surface area contributed by atoms with Crippen molar-refractivity contribution in [2.45, 2.75) is 6.92 Å². The Kier molecular flexibility index (Phi) is 3.29. The lowest BCUT2D eigenvalue weighted by Crippen LogP contribution is -1.93. The molecule has 0 bridgehead atoms. The second-order valence-electron chi connectivity index (χ2n) is 2.54. The van der Waals surface area contributed by atoms with E-state index in [0.717, 1.165) is 22.3 Å². The molecule has 2 nitrogen and oxygen atoms in total. The highest BCUT2D eigenvalue weighted by Gasteiger charge is 1.95. The molecule has 0 saturated carbocycles. The zero-order valence-electron chi connectivity index (χ0n) is 6.92. The van der Waals surface area contributed by atoms with Crippen LogP contribution in [-0.4, -0.2) is 10.3 Å². The van der Waals surface area contributed by atoms with Gasteiger partial charge in [0, 0.05) is 11.5 Å². The number of hydrogen-bond acceptors (Lipinski definition) is 2. The standard InChI is InChI=1S/C9H11BrN2/c1-7-5-8(11)9(12-6-7)3-2-4-10/h2-3,5-6H,4,11H2,1H3. The average molecular weight is 227 g/mol. The Morgan fingerprint density at radius 1 is 1.67 bits per heavy atom. The number of alkyl halides is 1. The Balaban J connectivity index is 2.94. The summed E-state index contributed by atoms with van der Waals surface area (Å²) in [7, 11) is 0. The molecular formula is C9H11BrN2. The highest BCUT2D eigenvalue weighted by Crippen LogP contribution is 2.11. The molecule has 0 aromatic carbocycles. The smallest absolute Gasteiger partial charge is 0.0856 e. The van der Waals surface area contributed by atoms with Gasteiger partial charge in [0.25, 0.3) is 0 Å². The normalized spacial score (nSPS) is 10.8. The first-order chi connectivity index (χ1) is 5.74. The van der Waals surface area contributed by atoms with Gasteiger partial charge in [-0.25, -0.2) is 0 Å². The molecule has 0 atom stereocenters. The van der Waals surface area contributed by atoms with E-state index in [9.17, 15) is 0 Å². The van der Waals surface area contributed by atoms with Crippen LogP contribution in [0.1, 0.15) is 11.3 Å². The lowest BCUT2D eigenvalue weighted by atomic mass is 10.2. The number of aromatic nitrogens is 1. The van der Waals surface area contributed by atoms with Crippen LogP contribution in [-0.2, 0) is 0 Å². The minimum absolute atomic E-state index is 0.729. The minimum Gasteiger partial charge on any atom is -0.397 e. The van der Waals surface area contributed by atoms with Crippen LogP contribution in [0.2, 0.25) is 0 Å². The molecular weight excluding hydrogens is 216 g/mol. The summed E-state index contributed by atoms with van der Waals surface area (Å²) in [4.78, 5) is 4.18. The molecule has 0 fully saturated rings. The maximum Gasteiger partial charge on any atom is 0.0856 e. The van der Waals surface area contributed by atoms with E-state index in [1.807, 2.05) is 31.3 Å². The van der Waals surface area contributed by atoms with Crippen molar-refractivity contribution in [2.75, 3.05) is 11.1 Å². The molecule has 1 aromatic rings. The Hall–Kier alpha value is -0.830. The predicted octanol–water partition coefficient (Wildman–Crippen LogP) is 2.38. The molecule has 0 unspecified atom stereocenters. The van der Waals surface area contributed by atoms with Gasteiger partial charge in [0.05, 0.1) is 11.4 Å². The van der Waals surface area contributed by atoms with Gasteiger partial charge in [0.2, 0.25) is 0 Å². The third-order valence-corrected chi connectivity index (χ3v) is 1.82. The van der Waals surface area contributed by atoms with Crippen molar-refractivity contribution < 1.29 is 0 Å². The third-order valence-electron chi connectivity index (χ3n) is 1.45. The summed E-state index contributed by atoms with van der Waals surface area (Å²) in [5.74, 6) is 0. The molecule has 1 aromatic heterocycles. The van der Waals surface area contributed by atoms with Crippen LogP contribution in [0, 0.1) is 6.92 Å². The largest absolute Gasteiger partial charge is 0.397 e. The quantitative estimate of drug-likeness (QED) is 0.787. The molecule has 1 heterocycles. The Bertz CT molecular complexity index is 295. The molecule has 0 aliphatic heterocycles. The fourth-order valence-corrected chi connectivity index (χ4v) is 1.08. The maximum atomic E-state index is 5.73. The Morgan fingerprint density at radius 2 is 2.42 bits per heavy atom. The highest BCUT2D eigenvalue weighted by atomic mass is 79.9. The lowest BCUT2D eigenvalue weighted by Gasteiger charge is -1.99. The Labute approximate surface area is 80.6 Å². The summed E-state index contributed by atoms with van der Waals surface area (Å²) >= 11 is 3.29. The zero-order chi connectivity index (χ0) is 8.97. The second kappa shape index (κ2) is 4.26. The summed E-state index contributed by atoms with van der Waals surface area (Å²) in [5.41, 5.74) is 8.38. The molecule has 1 rings (SSSR count). The number of hydrogen-bond donors (Lipinski definition) is 1. The van der Waals surface area contributed by atoms with Gasteiger partial charge in [-0.2, -0.15) is 0 Å². The molecule has 0 aliphatic carbocycles. The van der Waals surface area contributed by atoms with E-state index in [4.69, 9.17) is 5.73 Å². The van der Waals surface area contributed by atoms with Crippen LogP contribution < -0.4 is 5.73 Å². The maximum absolute atomic E-state index is 5.73. The predicted molar refractivity (Wildman–Crippen MR) is 56.2 cm³/mol. The Morgan fingerprint density at radius 3 is 3.00 bits per heavy atom. The molecule has 3 heteroatoms. The first-order valence-corrected chi connectivity index (χ1v) is 4.81. The van der Waals surface area contributed by atoms with E-state index in [-0.39, 0.29) is 0 Å². The van der Waals surface area contributed by atoms with Crippen molar-refractivity contribution in [3.63, 3.8) is 0 Å². The lowest BCUT2D eigenvalue weighted by molar-refractivity contribution is 1.25. The fourth-order valence-electron chi connectivity index (χ4n) is 0.898. The van der Waals surface area contributed by atoms with Gasteiger partial charge in [0.15, 0.2) is 0 Å². The van der Waals surface area contributed by atoms with Crippen molar-refractivity contribution in [3.05, 3.63) is 29.6 Å². The summed E-state index contributed by atoms with van der Waals surface area (Å²) in [6.07, 6.45) is 5.68. The minimum atomic E-state index is 0.729. The second-order valence-corrected chi connectivity index (χ2v) is 3.19. The number of rotatable bonds is 2. The zero-order valence-corrected chi connectivity index (χ0v) is 8.51. The highest BCUT2D eigenvalue weighted by molar-refractivity contribution is 9.09. The van der Waals surface area contributed by atoms with Crippen LogP contribution in [0.5, 0.6) is 0 Å². The summed E-state index contributed by atoms with van der Waals surface area (Å²) < 4.78 is 0. The van der Waals surface area contributed by atoms with Crippen molar-refractivity contribution >= 4 is 27.7 Å². The molecule has 2 N–H and O–H groups in total. The number of nitrogen functional groups attached to an aromatic ring is 1. The first-order valence-electron chi connectivity index (χ1n) is 3.68. The van der Waals surface area contributed by atoms with E-state index < -0.39 is 0 Å². The molecule has 0 amide bonds. The number of halogens is 1. The molecule has 0 spiro atoms. The van der Waals surface area contributed by atoms with E-state index in [1.165, 1.54) is 0 Å². The van der Waals surface area contributed by atoms with Crippen molar-refractivity contribution in [1.82, 2.24) is 4.98 Å². The summed E-state index contributed by atoms with van der Waals surface area (Å²) in [6, 6.07) is 1.92. The number of aryl methyl sites for hydroxylation is 1. The van der Waals surface area contributed by atoms with Gasteiger partial charge >= 0.3 is 0 Å². The van der Waals surface area contributed by atoms with Gasteiger partial charge in [0.1, 0.15) is 0 Å². The molecule has 12 heavy (non-hydrogen) atoms. The number of pyridine rings is 1. The van der Waals surface area contributed by atoms with Crippen molar-refractivity contribution in [1.29, 1.82) is 0 Å². The molecule has 0 radical (unpaired) electrons. The van der Waals surface area contributed by atoms with Gasteiger partial charge in [-0.3, -0.25) is 4.98 Å². The molecule has 0 saturated heterocycles. The average Bonchev–Trinajstić information content (AvgIpc) is 2.03. The first kappa shape index (κ1) is 9.26. The van der Waals surface area contributed by atoms with Crippen LogP contribution >= 0.6 is 15.9 Å². The van der Waals surface area contributed by atoms with E-state index in [1.54, 1.807) is 0 Å². The monoisotopic (exact) mass is 226 g/mol. The van der Waals surface area contributed by atoms with E-state index >= 15 is 0 Å². The van der Waals surface area contributed by atoms with Crippen LogP contribution in [0.15, 0.2) is 18.3 Å². The molecule has 0 aliphatic rings. The van der Waals surface area contributed by atoms with Crippen molar-refractivity contribution in [2.24, 2.45) is 0 Å². The van der Waals surface area contributed by atoms with Crippen molar-refractivity contribution in [3.8, 4) is 0 Å². The number of nitrogens with zero attached hydrogens (tertiary/aromatic N) is 1. The number of nitrogens with two attached hydrogens (primary N) is 1. The third kappa shape index (κ3) is 2.34. The van der Waals surface area contributed by atoms with Gasteiger partial charge in [-0.1, -0.05) is 22.0 Å². The number of allylic oxidation sites excluding steroid dienone is 1. The van der Waals surface area contributed by atoms with Gasteiger partial charge in [-0.15, -0.1) is 0 Å². The van der Waals surface area contributed by atoms with Crippen LogP contribution in [0.25, 0.3) is 6.08 Å². The van der Waals surface area contributed by atoms with Gasteiger partial charge in [-0.05, 0) is 24.6 Å². The topological polar surface area (TPSA) is 38.9 Å².